The molecule has 1 saturated carbocycles. The summed E-state index contributed by atoms with van der Waals surface area (Å²) in [7, 11) is 0. The zero-order chi connectivity index (χ0) is 9.68. The average Bonchev–Trinajstić information content (AvgIpc) is 2.32. The topological polar surface area (TPSA) is 20.2 Å². The van der Waals surface area contributed by atoms with Crippen molar-refractivity contribution in [1.29, 1.82) is 0 Å². The van der Waals surface area contributed by atoms with Gasteiger partial charge in [-0.1, -0.05) is 33.1 Å². The normalized spacial score (nSPS) is 32.5. The maximum atomic E-state index is 9.87. The zero-order valence-corrected chi connectivity index (χ0v) is 9.65. The number of rotatable bonds is 3. The molecule has 0 aromatic rings. The number of aliphatic hydroxyl groups is 1. The standard InChI is InChI=1S/C11H22OS/c1-3-9(2)13-11-8-6-4-5-7-10(11)12/h9-12H,3-8H2,1-2H3. The second-order valence-electron chi connectivity index (χ2n) is 4.10. The van der Waals surface area contributed by atoms with Crippen LogP contribution in [0.1, 0.15) is 52.4 Å². The quantitative estimate of drug-likeness (QED) is 0.709. The van der Waals surface area contributed by atoms with Crippen molar-refractivity contribution in [3.63, 3.8) is 0 Å². The largest absolute Gasteiger partial charge is 0.392 e. The molecule has 0 aliphatic heterocycles. The monoisotopic (exact) mass is 202 g/mol. The van der Waals surface area contributed by atoms with Gasteiger partial charge in [0.15, 0.2) is 0 Å². The second-order valence-corrected chi connectivity index (χ2v) is 5.78. The van der Waals surface area contributed by atoms with Gasteiger partial charge in [-0.3, -0.25) is 0 Å². The minimum Gasteiger partial charge on any atom is -0.392 e. The van der Waals surface area contributed by atoms with Crippen molar-refractivity contribution in [3.05, 3.63) is 0 Å². The van der Waals surface area contributed by atoms with Gasteiger partial charge in [-0.2, -0.15) is 11.8 Å². The molecule has 0 saturated heterocycles. The molecule has 3 atom stereocenters. The number of thioether (sulfide) groups is 1. The molecular formula is C11H22OS. The third kappa shape index (κ3) is 3.90. The van der Waals surface area contributed by atoms with E-state index < -0.39 is 0 Å². The zero-order valence-electron chi connectivity index (χ0n) is 8.83. The van der Waals surface area contributed by atoms with Crippen LogP contribution in [0, 0.1) is 0 Å². The first-order chi connectivity index (χ1) is 6.24. The molecule has 0 radical (unpaired) electrons. The van der Waals surface area contributed by atoms with Gasteiger partial charge in [0.2, 0.25) is 0 Å². The van der Waals surface area contributed by atoms with Gasteiger partial charge in [0, 0.05) is 10.5 Å². The van der Waals surface area contributed by atoms with Gasteiger partial charge in [-0.15, -0.1) is 0 Å². The van der Waals surface area contributed by atoms with Crippen LogP contribution in [0.3, 0.4) is 0 Å². The molecule has 1 aliphatic rings. The Hall–Kier alpha value is 0.310. The first-order valence-electron chi connectivity index (χ1n) is 5.57. The molecule has 0 bridgehead atoms. The Bertz CT molecular complexity index is 138. The van der Waals surface area contributed by atoms with Crippen LogP contribution >= 0.6 is 11.8 Å². The Morgan fingerprint density at radius 3 is 2.69 bits per heavy atom. The Morgan fingerprint density at radius 1 is 1.31 bits per heavy atom. The van der Waals surface area contributed by atoms with Crippen molar-refractivity contribution in [2.75, 3.05) is 0 Å². The van der Waals surface area contributed by atoms with E-state index in [9.17, 15) is 5.11 Å². The molecule has 0 aromatic carbocycles. The van der Waals surface area contributed by atoms with E-state index in [1.54, 1.807) is 0 Å². The van der Waals surface area contributed by atoms with E-state index in [-0.39, 0.29) is 6.10 Å². The summed E-state index contributed by atoms with van der Waals surface area (Å²) in [6, 6.07) is 0. The van der Waals surface area contributed by atoms with E-state index in [0.29, 0.717) is 10.5 Å². The van der Waals surface area contributed by atoms with Crippen LogP contribution in [-0.4, -0.2) is 21.7 Å². The van der Waals surface area contributed by atoms with Crippen molar-refractivity contribution >= 4 is 11.8 Å². The van der Waals surface area contributed by atoms with Crippen LogP contribution in [0.5, 0.6) is 0 Å². The molecule has 0 aromatic heterocycles. The summed E-state index contributed by atoms with van der Waals surface area (Å²) in [5, 5.41) is 11.1. The van der Waals surface area contributed by atoms with E-state index in [1.165, 1.54) is 32.1 Å². The molecule has 78 valence electrons. The molecule has 1 fully saturated rings. The molecule has 0 heterocycles. The van der Waals surface area contributed by atoms with E-state index in [2.05, 4.69) is 13.8 Å². The van der Waals surface area contributed by atoms with Gasteiger partial charge in [0.05, 0.1) is 6.10 Å². The molecule has 0 amide bonds. The maximum Gasteiger partial charge on any atom is 0.0658 e. The Morgan fingerprint density at radius 2 is 2.00 bits per heavy atom. The van der Waals surface area contributed by atoms with Crippen molar-refractivity contribution < 1.29 is 5.11 Å². The summed E-state index contributed by atoms with van der Waals surface area (Å²) in [4.78, 5) is 0. The lowest BCUT2D eigenvalue weighted by Crippen LogP contribution is -2.23. The summed E-state index contributed by atoms with van der Waals surface area (Å²) in [6.45, 7) is 4.49. The Labute approximate surface area is 86.3 Å². The first-order valence-corrected chi connectivity index (χ1v) is 6.51. The predicted octanol–water partition coefficient (Wildman–Crippen LogP) is 3.21. The molecule has 1 nitrogen and oxygen atoms in total. The fraction of sp³-hybridized carbons (Fsp3) is 1.00. The fourth-order valence-electron chi connectivity index (χ4n) is 1.81. The van der Waals surface area contributed by atoms with Gasteiger partial charge in [-0.05, 0) is 19.3 Å². The smallest absolute Gasteiger partial charge is 0.0658 e. The highest BCUT2D eigenvalue weighted by atomic mass is 32.2. The molecule has 0 spiro atoms. The van der Waals surface area contributed by atoms with Gasteiger partial charge < -0.3 is 5.11 Å². The summed E-state index contributed by atoms with van der Waals surface area (Å²) in [5.74, 6) is 0. The third-order valence-electron chi connectivity index (χ3n) is 2.90. The van der Waals surface area contributed by atoms with Crippen LogP contribution in [0.25, 0.3) is 0 Å². The molecule has 1 aliphatic carbocycles. The molecule has 3 unspecified atom stereocenters. The van der Waals surface area contributed by atoms with Crippen molar-refractivity contribution in [2.45, 2.75) is 69.0 Å². The lowest BCUT2D eigenvalue weighted by molar-refractivity contribution is 0.163. The van der Waals surface area contributed by atoms with Crippen molar-refractivity contribution in [2.24, 2.45) is 0 Å². The Kier molecular flexibility index (Phi) is 5.18. The van der Waals surface area contributed by atoms with E-state index in [4.69, 9.17) is 0 Å². The number of hydrogen-bond donors (Lipinski definition) is 1. The minimum atomic E-state index is -0.0403. The Balaban J connectivity index is 2.35. The third-order valence-corrected chi connectivity index (χ3v) is 4.60. The SMILES string of the molecule is CCC(C)SC1CCCCCC1O. The van der Waals surface area contributed by atoms with E-state index >= 15 is 0 Å². The second kappa shape index (κ2) is 5.92. The highest BCUT2D eigenvalue weighted by Gasteiger charge is 2.23. The highest BCUT2D eigenvalue weighted by molar-refractivity contribution is 8.00. The average molecular weight is 202 g/mol. The molecule has 1 N–H and O–H groups in total. The fourth-order valence-corrected chi connectivity index (χ4v) is 3.22. The molecule has 2 heteroatoms. The maximum absolute atomic E-state index is 9.87. The van der Waals surface area contributed by atoms with Gasteiger partial charge in [0.1, 0.15) is 0 Å². The minimum absolute atomic E-state index is 0.0403. The summed E-state index contributed by atoms with van der Waals surface area (Å²) >= 11 is 1.99. The lowest BCUT2D eigenvalue weighted by atomic mass is 10.1. The first kappa shape index (κ1) is 11.4. The van der Waals surface area contributed by atoms with Gasteiger partial charge in [-0.25, -0.2) is 0 Å². The lowest BCUT2D eigenvalue weighted by Gasteiger charge is -2.22. The predicted molar refractivity (Wildman–Crippen MR) is 60.2 cm³/mol. The van der Waals surface area contributed by atoms with Crippen LogP contribution in [0.15, 0.2) is 0 Å². The number of aliphatic hydroxyl groups excluding tert-OH is 1. The van der Waals surface area contributed by atoms with Crippen LogP contribution in [-0.2, 0) is 0 Å². The van der Waals surface area contributed by atoms with Crippen molar-refractivity contribution in [3.8, 4) is 0 Å². The molecule has 1 rings (SSSR count). The molecular weight excluding hydrogens is 180 g/mol. The van der Waals surface area contributed by atoms with Crippen molar-refractivity contribution in [1.82, 2.24) is 0 Å². The van der Waals surface area contributed by atoms with Crippen LogP contribution in [0.4, 0.5) is 0 Å². The summed E-state index contributed by atoms with van der Waals surface area (Å²) < 4.78 is 0. The van der Waals surface area contributed by atoms with Gasteiger partial charge in [0.25, 0.3) is 0 Å². The van der Waals surface area contributed by atoms with Crippen LogP contribution in [0.2, 0.25) is 0 Å². The highest BCUT2D eigenvalue weighted by Crippen LogP contribution is 2.31. The van der Waals surface area contributed by atoms with E-state index in [0.717, 1.165) is 6.42 Å². The summed E-state index contributed by atoms with van der Waals surface area (Å²) in [6.07, 6.45) is 7.26. The number of hydrogen-bond acceptors (Lipinski definition) is 2. The van der Waals surface area contributed by atoms with Gasteiger partial charge >= 0.3 is 0 Å². The van der Waals surface area contributed by atoms with E-state index in [1.807, 2.05) is 11.8 Å². The molecule has 13 heavy (non-hydrogen) atoms. The van der Waals surface area contributed by atoms with Crippen LogP contribution < -0.4 is 0 Å². The summed E-state index contributed by atoms with van der Waals surface area (Å²) in [5.41, 5.74) is 0.